The van der Waals surface area contributed by atoms with Gasteiger partial charge in [0.1, 0.15) is 11.5 Å². The summed E-state index contributed by atoms with van der Waals surface area (Å²) in [5, 5.41) is 0. The molecule has 0 spiro atoms. The van der Waals surface area contributed by atoms with Crippen LogP contribution in [-0.4, -0.2) is 26.6 Å². The van der Waals surface area contributed by atoms with Gasteiger partial charge in [0.25, 0.3) is 5.56 Å². The maximum absolute atomic E-state index is 11.3. The number of H-pyrrole nitrogens is 1. The molecule has 0 amide bonds. The summed E-state index contributed by atoms with van der Waals surface area (Å²) in [5.41, 5.74) is 5.46. The molecule has 0 unspecified atom stereocenters. The Morgan fingerprint density at radius 1 is 1.53 bits per heavy atom. The Morgan fingerprint density at radius 3 is 2.94 bits per heavy atom. The zero-order chi connectivity index (χ0) is 12.4. The average Bonchev–Trinajstić information content (AvgIpc) is 2.68. The van der Waals surface area contributed by atoms with E-state index in [0.717, 1.165) is 5.82 Å². The molecule has 2 aromatic heterocycles. The highest BCUT2D eigenvalue weighted by atomic mass is 16.1. The predicted molar refractivity (Wildman–Crippen MR) is 64.6 cm³/mol. The first-order valence-corrected chi connectivity index (χ1v) is 5.10. The van der Waals surface area contributed by atoms with Crippen molar-refractivity contribution >= 4 is 11.5 Å². The first-order valence-electron chi connectivity index (χ1n) is 5.10. The number of hydrogen-bond acceptors (Lipinski definition) is 5. The van der Waals surface area contributed by atoms with Gasteiger partial charge in [0.2, 0.25) is 0 Å². The molecule has 0 saturated carbocycles. The monoisotopic (exact) mass is 234 g/mol. The average molecular weight is 234 g/mol. The van der Waals surface area contributed by atoms with Crippen molar-refractivity contribution in [2.24, 2.45) is 7.05 Å². The number of nitrogens with two attached hydrogens (primary N) is 1. The van der Waals surface area contributed by atoms with E-state index >= 15 is 0 Å². The van der Waals surface area contributed by atoms with E-state index in [4.69, 9.17) is 5.73 Å². The fraction of sp³-hybridized carbons (Fsp3) is 0.300. The van der Waals surface area contributed by atoms with Gasteiger partial charge in [0, 0.05) is 26.5 Å². The molecule has 7 heteroatoms. The van der Waals surface area contributed by atoms with Crippen LogP contribution in [0.25, 0.3) is 0 Å². The van der Waals surface area contributed by atoms with Crippen molar-refractivity contribution < 1.29 is 0 Å². The lowest BCUT2D eigenvalue weighted by molar-refractivity contribution is 0.754. The molecule has 0 atom stereocenters. The molecule has 2 rings (SSSR count). The fourth-order valence-electron chi connectivity index (χ4n) is 1.54. The Balaban J connectivity index is 2.26. The third kappa shape index (κ3) is 2.12. The van der Waals surface area contributed by atoms with Crippen molar-refractivity contribution in [3.05, 3.63) is 34.9 Å². The van der Waals surface area contributed by atoms with E-state index in [1.54, 1.807) is 11.1 Å². The minimum atomic E-state index is -0.332. The van der Waals surface area contributed by atoms with Gasteiger partial charge in [0.05, 0.1) is 12.9 Å². The quantitative estimate of drug-likeness (QED) is 0.762. The summed E-state index contributed by atoms with van der Waals surface area (Å²) in [5.74, 6) is 1.32. The number of aromatic amines is 1. The molecule has 0 aliphatic rings. The molecule has 0 bridgehead atoms. The highest BCUT2D eigenvalue weighted by Gasteiger charge is 2.11. The van der Waals surface area contributed by atoms with E-state index < -0.39 is 0 Å². The first-order chi connectivity index (χ1) is 8.09. The van der Waals surface area contributed by atoms with Crippen LogP contribution in [-0.2, 0) is 13.6 Å². The Bertz CT molecular complexity index is 572. The lowest BCUT2D eigenvalue weighted by Crippen LogP contribution is -2.25. The molecule has 0 aliphatic carbocycles. The second-order valence-electron chi connectivity index (χ2n) is 3.78. The van der Waals surface area contributed by atoms with Crippen molar-refractivity contribution in [3.63, 3.8) is 0 Å². The number of anilines is 2. The maximum Gasteiger partial charge on any atom is 0.276 e. The standard InChI is InChI=1S/C10H14N6O/c1-15-4-3-12-7(15)5-16(2)9-8(11)10(17)14-6-13-9/h3-4,6H,5,11H2,1-2H3,(H,13,14,17). The van der Waals surface area contributed by atoms with Gasteiger partial charge in [0.15, 0.2) is 5.82 Å². The molecule has 0 saturated heterocycles. The fourth-order valence-corrected chi connectivity index (χ4v) is 1.54. The van der Waals surface area contributed by atoms with Crippen LogP contribution in [0, 0.1) is 0 Å². The minimum Gasteiger partial charge on any atom is -0.391 e. The number of nitrogens with zero attached hydrogens (tertiary/aromatic N) is 4. The lowest BCUT2D eigenvalue weighted by Gasteiger charge is -2.18. The molecule has 2 heterocycles. The third-order valence-electron chi connectivity index (χ3n) is 2.53. The SMILES string of the molecule is CN(Cc1nccn1C)c1nc[nH]c(=O)c1N. The summed E-state index contributed by atoms with van der Waals surface area (Å²) in [6.07, 6.45) is 4.92. The van der Waals surface area contributed by atoms with Gasteiger partial charge in [-0.3, -0.25) is 4.79 Å². The van der Waals surface area contributed by atoms with E-state index in [1.807, 2.05) is 24.9 Å². The zero-order valence-electron chi connectivity index (χ0n) is 9.71. The van der Waals surface area contributed by atoms with Crippen molar-refractivity contribution in [2.75, 3.05) is 17.7 Å². The molecule has 0 radical (unpaired) electrons. The number of nitrogens with one attached hydrogen (secondary N) is 1. The van der Waals surface area contributed by atoms with Crippen LogP contribution in [0.2, 0.25) is 0 Å². The predicted octanol–water partition coefficient (Wildman–Crippen LogP) is -0.278. The Kier molecular flexibility index (Phi) is 2.82. The molecule has 0 aromatic carbocycles. The van der Waals surface area contributed by atoms with Gasteiger partial charge >= 0.3 is 0 Å². The van der Waals surface area contributed by atoms with Crippen molar-refractivity contribution in [1.82, 2.24) is 19.5 Å². The summed E-state index contributed by atoms with van der Waals surface area (Å²) >= 11 is 0. The van der Waals surface area contributed by atoms with Crippen LogP contribution < -0.4 is 16.2 Å². The summed E-state index contributed by atoms with van der Waals surface area (Å²) < 4.78 is 1.90. The molecular formula is C10H14N6O. The molecule has 0 fully saturated rings. The first kappa shape index (κ1) is 11.2. The van der Waals surface area contributed by atoms with Crippen molar-refractivity contribution in [2.45, 2.75) is 6.54 Å². The van der Waals surface area contributed by atoms with Gasteiger partial charge in [-0.05, 0) is 0 Å². The zero-order valence-corrected chi connectivity index (χ0v) is 9.71. The molecule has 2 aromatic rings. The van der Waals surface area contributed by atoms with E-state index in [2.05, 4.69) is 15.0 Å². The molecule has 90 valence electrons. The molecular weight excluding hydrogens is 220 g/mol. The van der Waals surface area contributed by atoms with E-state index in [1.165, 1.54) is 6.33 Å². The van der Waals surface area contributed by atoms with E-state index in [0.29, 0.717) is 12.4 Å². The minimum absolute atomic E-state index is 0.115. The van der Waals surface area contributed by atoms with E-state index in [9.17, 15) is 4.79 Å². The van der Waals surface area contributed by atoms with Crippen LogP contribution >= 0.6 is 0 Å². The van der Waals surface area contributed by atoms with Crippen LogP contribution in [0.5, 0.6) is 0 Å². The van der Waals surface area contributed by atoms with Gasteiger partial charge in [-0.2, -0.15) is 0 Å². The lowest BCUT2D eigenvalue weighted by atomic mass is 10.4. The van der Waals surface area contributed by atoms with Gasteiger partial charge in [-0.25, -0.2) is 9.97 Å². The van der Waals surface area contributed by atoms with Crippen LogP contribution in [0.1, 0.15) is 5.82 Å². The smallest absolute Gasteiger partial charge is 0.276 e. The normalized spacial score (nSPS) is 10.5. The van der Waals surface area contributed by atoms with Gasteiger partial charge in [-0.1, -0.05) is 0 Å². The van der Waals surface area contributed by atoms with Crippen LogP contribution in [0.4, 0.5) is 11.5 Å². The van der Waals surface area contributed by atoms with Gasteiger partial charge < -0.3 is 20.2 Å². The number of aryl methyl sites for hydroxylation is 1. The molecule has 3 N–H and O–H groups in total. The third-order valence-corrected chi connectivity index (χ3v) is 2.53. The summed E-state index contributed by atoms with van der Waals surface area (Å²) in [6, 6.07) is 0. The number of hydrogen-bond donors (Lipinski definition) is 2. The van der Waals surface area contributed by atoms with Gasteiger partial charge in [-0.15, -0.1) is 0 Å². The highest BCUT2D eigenvalue weighted by Crippen LogP contribution is 2.15. The Labute approximate surface area is 97.9 Å². The molecule has 17 heavy (non-hydrogen) atoms. The van der Waals surface area contributed by atoms with Crippen LogP contribution in [0.3, 0.4) is 0 Å². The van der Waals surface area contributed by atoms with Crippen molar-refractivity contribution in [3.8, 4) is 0 Å². The summed E-state index contributed by atoms with van der Waals surface area (Å²) in [6.45, 7) is 0.532. The molecule has 7 nitrogen and oxygen atoms in total. The number of imidazole rings is 1. The topological polar surface area (TPSA) is 92.8 Å². The van der Waals surface area contributed by atoms with Crippen molar-refractivity contribution in [1.29, 1.82) is 0 Å². The Hall–Kier alpha value is -2.31. The highest BCUT2D eigenvalue weighted by molar-refractivity contribution is 5.60. The molecule has 0 aliphatic heterocycles. The summed E-state index contributed by atoms with van der Waals surface area (Å²) in [7, 11) is 3.72. The number of nitrogen functional groups attached to an aromatic ring is 1. The van der Waals surface area contributed by atoms with Crippen LogP contribution in [0.15, 0.2) is 23.5 Å². The Morgan fingerprint density at radius 2 is 2.29 bits per heavy atom. The summed E-state index contributed by atoms with van der Waals surface area (Å²) in [4.78, 5) is 23.8. The largest absolute Gasteiger partial charge is 0.391 e. The second kappa shape index (κ2) is 4.28. The van der Waals surface area contributed by atoms with E-state index in [-0.39, 0.29) is 11.2 Å². The maximum atomic E-state index is 11.3. The number of aromatic nitrogens is 4. The second-order valence-corrected chi connectivity index (χ2v) is 3.78. The number of rotatable bonds is 3.